The molecule has 0 spiro atoms. The number of allylic oxidation sites excluding steroid dienone is 2. The molecule has 0 aliphatic rings. The van der Waals surface area contributed by atoms with Crippen LogP contribution in [0.2, 0.25) is 0 Å². The molecule has 0 aliphatic carbocycles. The second-order valence-electron chi connectivity index (χ2n) is 6.81. The number of nitro benzene ring substituents is 1. The van der Waals surface area contributed by atoms with E-state index in [4.69, 9.17) is 4.18 Å². The molecule has 10 heteroatoms. The van der Waals surface area contributed by atoms with Gasteiger partial charge < -0.3 is 4.18 Å². The molecule has 1 aromatic heterocycles. The average Bonchev–Trinajstić information content (AvgIpc) is 3.00. The van der Waals surface area contributed by atoms with Gasteiger partial charge in [0.2, 0.25) is 5.88 Å². The lowest BCUT2D eigenvalue weighted by Crippen LogP contribution is -2.14. The molecule has 0 N–H and O–H groups in total. The highest BCUT2D eigenvalue weighted by molar-refractivity contribution is 7.86. The molecule has 9 nitrogen and oxygen atoms in total. The number of ketones is 1. The van der Waals surface area contributed by atoms with Crippen molar-refractivity contribution in [1.29, 1.82) is 0 Å². The van der Waals surface area contributed by atoms with Crippen molar-refractivity contribution in [2.75, 3.05) is 6.26 Å². The van der Waals surface area contributed by atoms with E-state index in [-0.39, 0.29) is 22.7 Å². The van der Waals surface area contributed by atoms with Crippen molar-refractivity contribution < 1.29 is 22.3 Å². The lowest BCUT2D eigenvalue weighted by molar-refractivity contribution is -0.385. The first kappa shape index (κ1) is 22.3. The second kappa shape index (κ2) is 8.16. The van der Waals surface area contributed by atoms with Crippen molar-refractivity contribution in [3.8, 4) is 5.88 Å². The van der Waals surface area contributed by atoms with Crippen molar-refractivity contribution in [1.82, 2.24) is 9.78 Å². The summed E-state index contributed by atoms with van der Waals surface area (Å²) in [6.07, 6.45) is 2.11. The summed E-state index contributed by atoms with van der Waals surface area (Å²) in [5.41, 5.74) is 2.44. The second-order valence-corrected chi connectivity index (χ2v) is 8.39. The SMILES string of the molecule is CCn1ncc(C(=O)c2ccc([N+](=O)[O-])c(C(C)=C(C)C)c2C)c1OS(C)(=O)=O. The highest BCUT2D eigenvalue weighted by atomic mass is 32.2. The lowest BCUT2D eigenvalue weighted by atomic mass is 9.90. The van der Waals surface area contributed by atoms with Gasteiger partial charge in [-0.05, 0) is 51.8 Å². The Hall–Kier alpha value is -3.01. The molecular formula is C19H23N3O6S. The summed E-state index contributed by atoms with van der Waals surface area (Å²) in [4.78, 5) is 24.2. The summed E-state index contributed by atoms with van der Waals surface area (Å²) in [6, 6.07) is 2.65. The number of hydrogen-bond acceptors (Lipinski definition) is 7. The smallest absolute Gasteiger partial charge is 0.307 e. The Morgan fingerprint density at radius 1 is 1.24 bits per heavy atom. The highest BCUT2D eigenvalue weighted by Gasteiger charge is 2.27. The van der Waals surface area contributed by atoms with Gasteiger partial charge in [-0.25, -0.2) is 4.68 Å². The molecule has 0 unspecified atom stereocenters. The molecule has 0 aliphatic heterocycles. The fraction of sp³-hybridized carbons (Fsp3) is 0.368. The fourth-order valence-electron chi connectivity index (χ4n) is 2.95. The Bertz CT molecular complexity index is 1130. The third-order valence-corrected chi connectivity index (χ3v) is 5.04. The first-order valence-corrected chi connectivity index (χ1v) is 10.6. The molecule has 1 heterocycles. The van der Waals surface area contributed by atoms with Crippen molar-refractivity contribution in [3.63, 3.8) is 0 Å². The number of carbonyl (C=O) groups is 1. The number of aromatic nitrogens is 2. The largest absolute Gasteiger partial charge is 0.361 e. The summed E-state index contributed by atoms with van der Waals surface area (Å²) < 4.78 is 29.5. The van der Waals surface area contributed by atoms with Gasteiger partial charge in [0.15, 0.2) is 5.78 Å². The van der Waals surface area contributed by atoms with E-state index in [2.05, 4.69) is 5.10 Å². The van der Waals surface area contributed by atoms with Crippen molar-refractivity contribution in [2.24, 2.45) is 0 Å². The van der Waals surface area contributed by atoms with Gasteiger partial charge >= 0.3 is 10.1 Å². The van der Waals surface area contributed by atoms with Gasteiger partial charge in [0.25, 0.3) is 5.69 Å². The van der Waals surface area contributed by atoms with Gasteiger partial charge in [0.1, 0.15) is 5.56 Å². The zero-order valence-electron chi connectivity index (χ0n) is 17.1. The molecule has 29 heavy (non-hydrogen) atoms. The first-order chi connectivity index (χ1) is 13.4. The van der Waals surface area contributed by atoms with Crippen molar-refractivity contribution in [3.05, 3.63) is 56.3 Å². The van der Waals surface area contributed by atoms with Crippen LogP contribution in [0.1, 0.15) is 54.7 Å². The van der Waals surface area contributed by atoms with Gasteiger partial charge in [-0.2, -0.15) is 13.5 Å². The van der Waals surface area contributed by atoms with E-state index in [0.29, 0.717) is 23.2 Å². The molecule has 0 amide bonds. The topological polar surface area (TPSA) is 121 Å². The van der Waals surface area contributed by atoms with Crippen molar-refractivity contribution >= 4 is 27.2 Å². The monoisotopic (exact) mass is 421 g/mol. The summed E-state index contributed by atoms with van der Waals surface area (Å²) in [5, 5.41) is 15.5. The van der Waals surface area contributed by atoms with Gasteiger partial charge in [-0.3, -0.25) is 14.9 Å². The van der Waals surface area contributed by atoms with Crippen molar-refractivity contribution in [2.45, 2.75) is 41.2 Å². The molecule has 0 fully saturated rings. The maximum atomic E-state index is 13.2. The van der Waals surface area contributed by atoms with Crippen LogP contribution in [0.5, 0.6) is 5.88 Å². The third-order valence-electron chi connectivity index (χ3n) is 4.57. The van der Waals surface area contributed by atoms with E-state index in [9.17, 15) is 23.3 Å². The Balaban J connectivity index is 2.73. The maximum absolute atomic E-state index is 13.2. The van der Waals surface area contributed by atoms with Gasteiger partial charge in [0, 0.05) is 18.2 Å². The van der Waals surface area contributed by atoms with Crippen LogP contribution < -0.4 is 4.18 Å². The maximum Gasteiger partial charge on any atom is 0.307 e. The minimum Gasteiger partial charge on any atom is -0.361 e. The number of nitrogens with zero attached hydrogens (tertiary/aromatic N) is 3. The van der Waals surface area contributed by atoms with Crippen LogP contribution in [0.3, 0.4) is 0 Å². The number of benzene rings is 1. The molecule has 2 rings (SSSR count). The zero-order valence-corrected chi connectivity index (χ0v) is 18.0. The highest BCUT2D eigenvalue weighted by Crippen LogP contribution is 2.34. The van der Waals surface area contributed by atoms with Crippen LogP contribution in [0.25, 0.3) is 5.57 Å². The minimum absolute atomic E-state index is 0.0324. The molecule has 1 aromatic carbocycles. The van der Waals surface area contributed by atoms with Gasteiger partial charge in [-0.15, -0.1) is 0 Å². The molecule has 0 radical (unpaired) electrons. The molecule has 0 bridgehead atoms. The predicted octanol–water partition coefficient (Wildman–Crippen LogP) is 3.50. The zero-order chi connectivity index (χ0) is 22.1. The summed E-state index contributed by atoms with van der Waals surface area (Å²) in [5.74, 6) is -0.711. The molecule has 156 valence electrons. The van der Waals surface area contributed by atoms with Crippen LogP contribution in [-0.2, 0) is 16.7 Å². The molecule has 0 saturated carbocycles. The number of nitro groups is 1. The van der Waals surface area contributed by atoms with E-state index < -0.39 is 20.8 Å². The number of hydrogen-bond donors (Lipinski definition) is 0. The van der Waals surface area contributed by atoms with E-state index in [1.54, 1.807) is 20.8 Å². The van der Waals surface area contributed by atoms with Crippen LogP contribution >= 0.6 is 0 Å². The molecule has 0 atom stereocenters. The van der Waals surface area contributed by atoms with Crippen LogP contribution in [-0.4, -0.2) is 35.2 Å². The normalized spacial score (nSPS) is 11.2. The van der Waals surface area contributed by atoms with E-state index in [1.807, 2.05) is 13.8 Å². The Morgan fingerprint density at radius 2 is 1.86 bits per heavy atom. The summed E-state index contributed by atoms with van der Waals surface area (Å²) in [6.45, 7) is 9.06. The van der Waals surface area contributed by atoms with Gasteiger partial charge in [-0.1, -0.05) is 5.57 Å². The standard InChI is InChI=1S/C19H23N3O6S/c1-7-21-19(28-29(6,26)27)15(10-20-21)18(23)14-8-9-16(22(24)25)17(13(14)5)12(4)11(2)3/h8-10H,7H2,1-6H3. The summed E-state index contributed by atoms with van der Waals surface area (Å²) >= 11 is 0. The predicted molar refractivity (Wildman–Crippen MR) is 109 cm³/mol. The minimum atomic E-state index is -3.89. The van der Waals surface area contributed by atoms with Gasteiger partial charge in [0.05, 0.1) is 22.9 Å². The molecule has 0 saturated heterocycles. The number of rotatable bonds is 7. The van der Waals surface area contributed by atoms with Crippen LogP contribution in [0.4, 0.5) is 5.69 Å². The van der Waals surface area contributed by atoms with Crippen LogP contribution in [0, 0.1) is 17.0 Å². The fourth-order valence-corrected chi connectivity index (χ4v) is 3.41. The Labute approximate surface area is 169 Å². The first-order valence-electron chi connectivity index (χ1n) is 8.81. The quantitative estimate of drug-likeness (QED) is 0.290. The Morgan fingerprint density at radius 3 is 2.34 bits per heavy atom. The Kier molecular flexibility index (Phi) is 6.27. The molecule has 2 aromatic rings. The lowest BCUT2D eigenvalue weighted by Gasteiger charge is -2.13. The summed E-state index contributed by atoms with van der Waals surface area (Å²) in [7, 11) is -3.89. The van der Waals surface area contributed by atoms with E-state index in [0.717, 1.165) is 11.8 Å². The van der Waals surface area contributed by atoms with E-state index >= 15 is 0 Å². The number of carbonyl (C=O) groups excluding carboxylic acids is 1. The van der Waals surface area contributed by atoms with Crippen LogP contribution in [0.15, 0.2) is 23.9 Å². The molecular weight excluding hydrogens is 398 g/mol. The average molecular weight is 421 g/mol. The number of aryl methyl sites for hydroxylation is 1. The van der Waals surface area contributed by atoms with E-state index in [1.165, 1.54) is 23.0 Å². The third kappa shape index (κ3) is 4.53.